The lowest BCUT2D eigenvalue weighted by Crippen LogP contribution is -2.53. The number of hydrogen-bond donors (Lipinski definition) is 0. The summed E-state index contributed by atoms with van der Waals surface area (Å²) in [4.78, 5) is 12.0. The van der Waals surface area contributed by atoms with Gasteiger partial charge in [-0.3, -0.25) is 4.79 Å². The van der Waals surface area contributed by atoms with E-state index in [4.69, 9.17) is 9.47 Å². The van der Waals surface area contributed by atoms with E-state index in [1.807, 2.05) is 6.08 Å². The largest absolute Gasteiger partial charge is 0.347 e. The molecule has 3 nitrogen and oxygen atoms in total. The van der Waals surface area contributed by atoms with Gasteiger partial charge in [0.1, 0.15) is 0 Å². The highest BCUT2D eigenvalue weighted by Crippen LogP contribution is 2.73. The van der Waals surface area contributed by atoms with Gasteiger partial charge in [-0.1, -0.05) is 12.5 Å². The predicted octanol–water partition coefficient (Wildman–Crippen LogP) is 4.40. The van der Waals surface area contributed by atoms with E-state index in [0.717, 1.165) is 38.2 Å². The summed E-state index contributed by atoms with van der Waals surface area (Å²) < 4.78 is 12.5. The summed E-state index contributed by atoms with van der Waals surface area (Å²) in [6.07, 6.45) is 11.2. The standard InChI is InChI=1S/C21H30O3/c1-18(2)23-13-21(24-18)9-8-20-12-16(21)10-15(20)5-4-14-11-17(22)6-7-19(14,20)3/h11,15-16H,4-10,12-13H2,1-3H3/t15-,16+,19-,20-,21-/m0/s1. The third-order valence-corrected chi connectivity index (χ3v) is 8.59. The molecule has 1 saturated heterocycles. The van der Waals surface area contributed by atoms with Gasteiger partial charge in [0.05, 0.1) is 12.2 Å². The van der Waals surface area contributed by atoms with Crippen molar-refractivity contribution in [2.24, 2.45) is 22.7 Å². The molecule has 2 spiro atoms. The Morgan fingerprint density at radius 1 is 1.08 bits per heavy atom. The molecule has 4 aliphatic carbocycles. The smallest absolute Gasteiger partial charge is 0.163 e. The average Bonchev–Trinajstić information content (AvgIpc) is 3.02. The quantitative estimate of drug-likeness (QED) is 0.660. The fraction of sp³-hybridized carbons (Fsp3) is 0.857. The maximum atomic E-state index is 12.0. The maximum absolute atomic E-state index is 12.0. The molecule has 0 aromatic rings. The number of rotatable bonds is 0. The lowest BCUT2D eigenvalue weighted by atomic mass is 9.46. The van der Waals surface area contributed by atoms with Gasteiger partial charge in [0.2, 0.25) is 0 Å². The van der Waals surface area contributed by atoms with Crippen molar-refractivity contribution in [2.45, 2.75) is 83.5 Å². The predicted molar refractivity (Wildman–Crippen MR) is 91.4 cm³/mol. The second-order valence-electron chi connectivity index (χ2n) is 9.85. The van der Waals surface area contributed by atoms with E-state index >= 15 is 0 Å². The second kappa shape index (κ2) is 4.54. The number of carbonyl (C=O) groups excluding carboxylic acids is 1. The molecule has 0 aromatic heterocycles. The number of carbonyl (C=O) groups is 1. The number of ketones is 1. The number of ether oxygens (including phenoxy) is 2. The first-order valence-electron chi connectivity index (χ1n) is 9.87. The first-order chi connectivity index (χ1) is 11.3. The summed E-state index contributed by atoms with van der Waals surface area (Å²) in [5.41, 5.74) is 2.07. The number of allylic oxidation sites excluding steroid dienone is 2. The number of hydrogen-bond acceptors (Lipinski definition) is 3. The lowest BCUT2D eigenvalue weighted by molar-refractivity contribution is -0.185. The van der Waals surface area contributed by atoms with Crippen LogP contribution in [0.15, 0.2) is 11.6 Å². The van der Waals surface area contributed by atoms with E-state index in [1.54, 1.807) is 0 Å². The average molecular weight is 330 g/mol. The van der Waals surface area contributed by atoms with Crippen LogP contribution in [0.5, 0.6) is 0 Å². The maximum Gasteiger partial charge on any atom is 0.163 e. The summed E-state index contributed by atoms with van der Waals surface area (Å²) in [6.45, 7) is 7.37. The van der Waals surface area contributed by atoms with Crippen molar-refractivity contribution in [2.75, 3.05) is 6.61 Å². The molecule has 5 rings (SSSR count). The van der Waals surface area contributed by atoms with E-state index in [1.165, 1.54) is 31.3 Å². The van der Waals surface area contributed by atoms with Crippen LogP contribution in [-0.2, 0) is 14.3 Å². The first-order valence-corrected chi connectivity index (χ1v) is 9.87. The molecular weight excluding hydrogens is 300 g/mol. The molecule has 0 radical (unpaired) electrons. The van der Waals surface area contributed by atoms with Gasteiger partial charge in [0.15, 0.2) is 11.6 Å². The summed E-state index contributed by atoms with van der Waals surface area (Å²) in [5.74, 6) is 1.37. The van der Waals surface area contributed by atoms with Gasteiger partial charge in [0.25, 0.3) is 0 Å². The highest BCUT2D eigenvalue weighted by Gasteiger charge is 2.68. The minimum Gasteiger partial charge on any atom is -0.347 e. The van der Waals surface area contributed by atoms with Gasteiger partial charge in [0, 0.05) is 6.42 Å². The van der Waals surface area contributed by atoms with E-state index in [9.17, 15) is 4.79 Å². The SMILES string of the molecule is CC1(C)OC[C@]2(CC[C@]34C[C@H]2C[C@@H]3CCC2=CC(=O)CC[C@@]24C)O1. The van der Waals surface area contributed by atoms with Gasteiger partial charge in [-0.05, 0) is 87.5 Å². The van der Waals surface area contributed by atoms with Crippen molar-refractivity contribution in [3.05, 3.63) is 11.6 Å². The minimum absolute atomic E-state index is 0.0448. The van der Waals surface area contributed by atoms with Gasteiger partial charge in [-0.25, -0.2) is 0 Å². The molecule has 0 unspecified atom stereocenters. The van der Waals surface area contributed by atoms with Crippen molar-refractivity contribution < 1.29 is 14.3 Å². The minimum atomic E-state index is -0.426. The van der Waals surface area contributed by atoms with E-state index in [-0.39, 0.29) is 11.0 Å². The molecule has 132 valence electrons. The van der Waals surface area contributed by atoms with Crippen LogP contribution in [0.2, 0.25) is 0 Å². The molecule has 0 aromatic carbocycles. The Bertz CT molecular complexity index is 635. The third-order valence-electron chi connectivity index (χ3n) is 8.59. The molecule has 4 fully saturated rings. The highest BCUT2D eigenvalue weighted by atomic mass is 16.8. The topological polar surface area (TPSA) is 35.5 Å². The Labute approximate surface area is 145 Å². The third kappa shape index (κ3) is 1.78. The van der Waals surface area contributed by atoms with Crippen LogP contribution in [0.4, 0.5) is 0 Å². The molecule has 0 N–H and O–H groups in total. The van der Waals surface area contributed by atoms with Crippen molar-refractivity contribution >= 4 is 5.78 Å². The zero-order chi connectivity index (χ0) is 16.8. The fourth-order valence-electron chi connectivity index (χ4n) is 7.33. The monoisotopic (exact) mass is 330 g/mol. The lowest BCUT2D eigenvalue weighted by Gasteiger charge is -2.59. The van der Waals surface area contributed by atoms with E-state index in [2.05, 4.69) is 20.8 Å². The molecule has 0 amide bonds. The molecule has 24 heavy (non-hydrogen) atoms. The summed E-state index contributed by atoms with van der Waals surface area (Å²) >= 11 is 0. The molecule has 1 aliphatic heterocycles. The summed E-state index contributed by atoms with van der Waals surface area (Å²) in [6, 6.07) is 0. The zero-order valence-corrected chi connectivity index (χ0v) is 15.3. The van der Waals surface area contributed by atoms with Crippen LogP contribution in [-0.4, -0.2) is 23.8 Å². The van der Waals surface area contributed by atoms with Gasteiger partial charge in [-0.15, -0.1) is 0 Å². The van der Waals surface area contributed by atoms with Crippen molar-refractivity contribution in [3.8, 4) is 0 Å². The van der Waals surface area contributed by atoms with Gasteiger partial charge in [-0.2, -0.15) is 0 Å². The van der Waals surface area contributed by atoms with Crippen molar-refractivity contribution in [1.82, 2.24) is 0 Å². The molecular formula is C21H30O3. The van der Waals surface area contributed by atoms with Gasteiger partial charge >= 0.3 is 0 Å². The number of fused-ring (bicyclic) bond motifs is 3. The van der Waals surface area contributed by atoms with E-state index < -0.39 is 5.79 Å². The fourth-order valence-corrected chi connectivity index (χ4v) is 7.33. The summed E-state index contributed by atoms with van der Waals surface area (Å²) in [7, 11) is 0. The van der Waals surface area contributed by atoms with E-state index in [0.29, 0.717) is 17.1 Å². The molecule has 5 atom stereocenters. The normalized spacial score (nSPS) is 52.1. The Morgan fingerprint density at radius 2 is 1.92 bits per heavy atom. The molecule has 3 heteroatoms. The molecule has 3 saturated carbocycles. The van der Waals surface area contributed by atoms with Crippen LogP contribution >= 0.6 is 0 Å². The molecule has 2 bridgehead atoms. The molecule has 5 aliphatic rings. The van der Waals surface area contributed by atoms with Crippen LogP contribution in [0.3, 0.4) is 0 Å². The Hall–Kier alpha value is -0.670. The Balaban J connectivity index is 1.52. The molecule has 1 heterocycles. The van der Waals surface area contributed by atoms with Crippen LogP contribution in [0.25, 0.3) is 0 Å². The summed E-state index contributed by atoms with van der Waals surface area (Å²) in [5, 5.41) is 0. The highest BCUT2D eigenvalue weighted by molar-refractivity contribution is 5.91. The Kier molecular flexibility index (Phi) is 2.94. The van der Waals surface area contributed by atoms with Gasteiger partial charge < -0.3 is 9.47 Å². The Morgan fingerprint density at radius 3 is 2.67 bits per heavy atom. The first kappa shape index (κ1) is 15.6. The second-order valence-corrected chi connectivity index (χ2v) is 9.85. The van der Waals surface area contributed by atoms with Crippen molar-refractivity contribution in [3.63, 3.8) is 0 Å². The van der Waals surface area contributed by atoms with Crippen LogP contribution < -0.4 is 0 Å². The zero-order valence-electron chi connectivity index (χ0n) is 15.3. The van der Waals surface area contributed by atoms with Crippen molar-refractivity contribution in [1.29, 1.82) is 0 Å². The van der Waals surface area contributed by atoms with Crippen LogP contribution in [0.1, 0.15) is 72.1 Å². The van der Waals surface area contributed by atoms with Crippen LogP contribution in [0, 0.1) is 22.7 Å².